The number of hydrogen-bond acceptors (Lipinski definition) is 3. The van der Waals surface area contributed by atoms with Crippen LogP contribution in [-0.2, 0) is 0 Å². The zero-order valence-electron chi connectivity index (χ0n) is 14.2. The molecule has 0 radical (unpaired) electrons. The predicted molar refractivity (Wildman–Crippen MR) is 97.2 cm³/mol. The van der Waals surface area contributed by atoms with Crippen LogP contribution in [0.1, 0.15) is 36.0 Å². The summed E-state index contributed by atoms with van der Waals surface area (Å²) in [6, 6.07) is 9.07. The van der Waals surface area contributed by atoms with Crippen molar-refractivity contribution >= 4 is 16.8 Å². The molecule has 26 heavy (non-hydrogen) atoms. The number of rotatable bonds is 3. The second-order valence-electron chi connectivity index (χ2n) is 6.78. The average Bonchev–Trinajstić information content (AvgIpc) is 3.15. The summed E-state index contributed by atoms with van der Waals surface area (Å²) in [7, 11) is 0. The molecular formula is C20H20FN3O2. The van der Waals surface area contributed by atoms with Crippen molar-refractivity contribution in [2.75, 3.05) is 0 Å². The number of nitrogens with zero attached hydrogens (tertiary/aromatic N) is 1. The topological polar surface area (TPSA) is 78.0 Å². The number of carbonyl (C=O) groups is 1. The van der Waals surface area contributed by atoms with Crippen molar-refractivity contribution in [3.05, 3.63) is 54.1 Å². The molecule has 1 aliphatic carbocycles. The molecule has 2 aromatic heterocycles. The van der Waals surface area contributed by atoms with E-state index >= 15 is 0 Å². The fraction of sp³-hybridized carbons (Fsp3) is 0.300. The van der Waals surface area contributed by atoms with Crippen LogP contribution in [-0.4, -0.2) is 33.1 Å². The summed E-state index contributed by atoms with van der Waals surface area (Å²) in [6.07, 6.45) is 5.70. The van der Waals surface area contributed by atoms with Gasteiger partial charge in [0.2, 0.25) is 0 Å². The lowest BCUT2D eigenvalue weighted by molar-refractivity contribution is 0.0867. The summed E-state index contributed by atoms with van der Waals surface area (Å²) in [5, 5.41) is 13.3. The number of carbonyl (C=O) groups excluding carboxylic acids is 1. The molecule has 1 fully saturated rings. The number of aliphatic hydroxyl groups excluding tert-OH is 1. The van der Waals surface area contributed by atoms with Gasteiger partial charge in [-0.1, -0.05) is 12.1 Å². The van der Waals surface area contributed by atoms with Gasteiger partial charge in [0, 0.05) is 28.8 Å². The molecule has 0 bridgehead atoms. The van der Waals surface area contributed by atoms with Crippen LogP contribution in [0.5, 0.6) is 0 Å². The third-order valence-electron chi connectivity index (χ3n) is 5.00. The Kier molecular flexibility index (Phi) is 4.42. The fourth-order valence-electron chi connectivity index (χ4n) is 3.52. The van der Waals surface area contributed by atoms with Crippen LogP contribution >= 0.6 is 0 Å². The van der Waals surface area contributed by atoms with Crippen molar-refractivity contribution in [3.8, 4) is 11.3 Å². The number of hydrogen-bond donors (Lipinski definition) is 3. The van der Waals surface area contributed by atoms with E-state index in [1.54, 1.807) is 24.4 Å². The van der Waals surface area contributed by atoms with E-state index in [-0.39, 0.29) is 23.9 Å². The first kappa shape index (κ1) is 16.7. The van der Waals surface area contributed by atoms with E-state index in [0.717, 1.165) is 31.2 Å². The van der Waals surface area contributed by atoms with Crippen LogP contribution in [0.4, 0.5) is 4.39 Å². The minimum atomic E-state index is -0.387. The molecule has 134 valence electrons. The quantitative estimate of drug-likeness (QED) is 0.675. The monoisotopic (exact) mass is 353 g/mol. The van der Waals surface area contributed by atoms with Crippen LogP contribution in [0, 0.1) is 5.82 Å². The number of fused-ring (bicyclic) bond motifs is 1. The van der Waals surface area contributed by atoms with Crippen LogP contribution in [0.2, 0.25) is 0 Å². The molecule has 4 rings (SSSR count). The van der Waals surface area contributed by atoms with Gasteiger partial charge in [-0.2, -0.15) is 0 Å². The highest BCUT2D eigenvalue weighted by Crippen LogP contribution is 2.27. The number of benzene rings is 1. The maximum Gasteiger partial charge on any atom is 0.251 e. The van der Waals surface area contributed by atoms with Gasteiger partial charge in [-0.25, -0.2) is 4.39 Å². The molecule has 1 amide bonds. The van der Waals surface area contributed by atoms with Crippen molar-refractivity contribution in [1.82, 2.24) is 15.3 Å². The van der Waals surface area contributed by atoms with Gasteiger partial charge in [0.15, 0.2) is 5.82 Å². The Morgan fingerprint density at radius 3 is 2.62 bits per heavy atom. The highest BCUT2D eigenvalue weighted by atomic mass is 19.1. The Hall–Kier alpha value is -2.73. The van der Waals surface area contributed by atoms with Gasteiger partial charge in [-0.15, -0.1) is 0 Å². The minimum Gasteiger partial charge on any atom is -0.393 e. The minimum absolute atomic E-state index is 0.114. The Morgan fingerprint density at radius 2 is 1.88 bits per heavy atom. The van der Waals surface area contributed by atoms with Crippen molar-refractivity contribution < 1.29 is 14.3 Å². The molecule has 5 nitrogen and oxygen atoms in total. The zero-order chi connectivity index (χ0) is 18.1. The number of H-pyrrole nitrogens is 1. The summed E-state index contributed by atoms with van der Waals surface area (Å²) in [5.41, 5.74) is 2.51. The number of halogens is 1. The van der Waals surface area contributed by atoms with Crippen molar-refractivity contribution in [2.45, 2.75) is 37.8 Å². The molecule has 0 spiro atoms. The Bertz CT molecular complexity index is 928. The Morgan fingerprint density at radius 1 is 1.15 bits per heavy atom. The van der Waals surface area contributed by atoms with Gasteiger partial charge in [0.1, 0.15) is 0 Å². The molecule has 1 aromatic carbocycles. The third kappa shape index (κ3) is 3.20. The lowest BCUT2D eigenvalue weighted by atomic mass is 9.93. The van der Waals surface area contributed by atoms with E-state index in [2.05, 4.69) is 15.3 Å². The molecule has 6 heteroatoms. The molecule has 0 aliphatic heterocycles. The summed E-state index contributed by atoms with van der Waals surface area (Å²) in [6.45, 7) is 0. The number of pyridine rings is 1. The summed E-state index contributed by atoms with van der Waals surface area (Å²) in [4.78, 5) is 19.5. The van der Waals surface area contributed by atoms with Gasteiger partial charge in [0.05, 0.1) is 23.5 Å². The molecule has 3 N–H and O–H groups in total. The van der Waals surface area contributed by atoms with E-state index in [9.17, 15) is 14.3 Å². The van der Waals surface area contributed by atoms with E-state index < -0.39 is 0 Å². The van der Waals surface area contributed by atoms with E-state index in [1.807, 2.05) is 12.1 Å². The molecule has 3 aromatic rings. The van der Waals surface area contributed by atoms with Crippen LogP contribution < -0.4 is 5.32 Å². The Labute approximate surface area is 150 Å². The van der Waals surface area contributed by atoms with Gasteiger partial charge in [-0.05, 0) is 43.9 Å². The SMILES string of the molecule is O=C(N[C@H]1CC[C@@H](O)CC1)c1ccc(-c2ncc(F)c3[nH]ccc23)cc1. The van der Waals surface area contributed by atoms with Gasteiger partial charge < -0.3 is 15.4 Å². The van der Waals surface area contributed by atoms with Crippen molar-refractivity contribution in [1.29, 1.82) is 0 Å². The fourth-order valence-corrected chi connectivity index (χ4v) is 3.52. The van der Waals surface area contributed by atoms with E-state index in [1.165, 1.54) is 6.20 Å². The van der Waals surface area contributed by atoms with Crippen molar-refractivity contribution in [3.63, 3.8) is 0 Å². The first-order valence-corrected chi connectivity index (χ1v) is 8.83. The van der Waals surface area contributed by atoms with Crippen LogP contribution in [0.15, 0.2) is 42.7 Å². The summed E-state index contributed by atoms with van der Waals surface area (Å²) in [5.74, 6) is -0.501. The lowest BCUT2D eigenvalue weighted by Gasteiger charge is -2.26. The van der Waals surface area contributed by atoms with E-state index in [4.69, 9.17) is 0 Å². The normalized spacial score (nSPS) is 20.2. The molecule has 0 atom stereocenters. The second kappa shape index (κ2) is 6.88. The standard InChI is InChI=1S/C20H20FN3O2/c21-17-11-23-18(16-9-10-22-19(16)17)12-1-3-13(4-2-12)20(26)24-14-5-7-15(25)8-6-14/h1-4,9-11,14-15,22,25H,5-8H2,(H,24,26)/t14-,15+. The Balaban J connectivity index is 1.52. The van der Waals surface area contributed by atoms with Crippen LogP contribution in [0.25, 0.3) is 22.2 Å². The lowest BCUT2D eigenvalue weighted by Crippen LogP contribution is -2.38. The first-order chi connectivity index (χ1) is 12.6. The molecule has 1 aliphatic rings. The number of aromatic amines is 1. The number of aromatic nitrogens is 2. The first-order valence-electron chi connectivity index (χ1n) is 8.83. The van der Waals surface area contributed by atoms with Gasteiger partial charge >= 0.3 is 0 Å². The van der Waals surface area contributed by atoms with E-state index in [0.29, 0.717) is 22.2 Å². The maximum atomic E-state index is 13.8. The molecule has 1 saturated carbocycles. The molecule has 2 heterocycles. The van der Waals surface area contributed by atoms with Crippen LogP contribution in [0.3, 0.4) is 0 Å². The average molecular weight is 353 g/mol. The third-order valence-corrected chi connectivity index (χ3v) is 5.00. The molecule has 0 unspecified atom stereocenters. The highest BCUT2D eigenvalue weighted by Gasteiger charge is 2.21. The smallest absolute Gasteiger partial charge is 0.251 e. The number of amides is 1. The summed E-state index contributed by atoms with van der Waals surface area (Å²) >= 11 is 0. The van der Waals surface area contributed by atoms with Crippen molar-refractivity contribution in [2.24, 2.45) is 0 Å². The predicted octanol–water partition coefficient (Wildman–Crippen LogP) is 3.40. The highest BCUT2D eigenvalue weighted by molar-refractivity contribution is 5.96. The second-order valence-corrected chi connectivity index (χ2v) is 6.78. The van der Waals surface area contributed by atoms with Gasteiger partial charge in [-0.3, -0.25) is 9.78 Å². The van der Waals surface area contributed by atoms with Gasteiger partial charge in [0.25, 0.3) is 5.91 Å². The summed E-state index contributed by atoms with van der Waals surface area (Å²) < 4.78 is 13.8. The maximum absolute atomic E-state index is 13.8. The number of aliphatic hydroxyl groups is 1. The molecule has 0 saturated heterocycles. The number of nitrogens with one attached hydrogen (secondary N) is 2. The zero-order valence-corrected chi connectivity index (χ0v) is 14.2. The molecular weight excluding hydrogens is 333 g/mol. The largest absolute Gasteiger partial charge is 0.393 e.